The second-order valence-electron chi connectivity index (χ2n) is 4.93. The minimum atomic E-state index is 0.0799. The Morgan fingerprint density at radius 2 is 2.26 bits per heavy atom. The Morgan fingerprint density at radius 3 is 2.79 bits per heavy atom. The van der Waals surface area contributed by atoms with Gasteiger partial charge in [0.2, 0.25) is 5.91 Å². The van der Waals surface area contributed by atoms with Crippen LogP contribution in [0.5, 0.6) is 0 Å². The Bertz CT molecular complexity index is 303. The lowest BCUT2D eigenvalue weighted by atomic mass is 9.95. The van der Waals surface area contributed by atoms with Crippen LogP contribution < -0.4 is 5.32 Å². The van der Waals surface area contributed by atoms with Crippen LogP contribution in [0, 0.1) is 18.3 Å². The van der Waals surface area contributed by atoms with Crippen LogP contribution in [0.15, 0.2) is 0 Å². The van der Waals surface area contributed by atoms with Crippen LogP contribution in [0.3, 0.4) is 0 Å². The zero-order chi connectivity index (χ0) is 14.1. The number of carbonyl (C=O) groups excluding carboxylic acids is 1. The topological polar surface area (TPSA) is 52.6 Å². The summed E-state index contributed by atoms with van der Waals surface area (Å²) in [5, 5.41) is 12.1. The van der Waals surface area contributed by atoms with E-state index in [0.29, 0.717) is 13.0 Å². The molecule has 19 heavy (non-hydrogen) atoms. The molecule has 1 aliphatic rings. The van der Waals surface area contributed by atoms with Crippen molar-refractivity contribution in [2.24, 2.45) is 5.92 Å². The molecule has 0 aliphatic carbocycles. The summed E-state index contributed by atoms with van der Waals surface area (Å²) >= 11 is 1.69. The van der Waals surface area contributed by atoms with Gasteiger partial charge < -0.3 is 10.4 Å². The maximum Gasteiger partial charge on any atom is 0.223 e. The predicted molar refractivity (Wildman–Crippen MR) is 80.0 cm³/mol. The van der Waals surface area contributed by atoms with Crippen LogP contribution in [0.2, 0.25) is 0 Å². The number of rotatable bonds is 7. The highest BCUT2D eigenvalue weighted by molar-refractivity contribution is 7.98. The maximum atomic E-state index is 12.2. The maximum absolute atomic E-state index is 12.2. The van der Waals surface area contributed by atoms with Crippen LogP contribution in [-0.4, -0.2) is 60.2 Å². The standard InChI is InChI=1S/C14H24N2O2S/c1-3-7-16-8-4-12(5-9-16)14(18)15-13(6-10-17)11-19-2/h1,12-13,17H,4-11H2,2H3,(H,15,18). The van der Waals surface area contributed by atoms with E-state index in [4.69, 9.17) is 11.5 Å². The van der Waals surface area contributed by atoms with Gasteiger partial charge in [-0.05, 0) is 38.6 Å². The number of carbonyl (C=O) groups is 1. The van der Waals surface area contributed by atoms with Gasteiger partial charge in [0.1, 0.15) is 0 Å². The van der Waals surface area contributed by atoms with Crippen molar-refractivity contribution in [2.45, 2.75) is 25.3 Å². The third kappa shape index (κ3) is 5.85. The third-order valence-corrected chi connectivity index (χ3v) is 4.20. The largest absolute Gasteiger partial charge is 0.396 e. The van der Waals surface area contributed by atoms with Crippen LogP contribution in [0.1, 0.15) is 19.3 Å². The van der Waals surface area contributed by atoms with Crippen molar-refractivity contribution in [3.8, 4) is 12.3 Å². The molecule has 1 saturated heterocycles. The van der Waals surface area contributed by atoms with Gasteiger partial charge in [0, 0.05) is 24.3 Å². The molecule has 1 rings (SSSR count). The Balaban J connectivity index is 2.35. The first kappa shape index (κ1) is 16.4. The zero-order valence-electron chi connectivity index (χ0n) is 11.6. The fourth-order valence-electron chi connectivity index (χ4n) is 2.36. The molecule has 1 heterocycles. The average molecular weight is 284 g/mol. The van der Waals surface area contributed by atoms with Gasteiger partial charge in [0.25, 0.3) is 0 Å². The number of nitrogens with zero attached hydrogens (tertiary/aromatic N) is 1. The van der Waals surface area contributed by atoms with Crippen molar-refractivity contribution in [2.75, 3.05) is 38.2 Å². The molecule has 1 amide bonds. The second kappa shape index (κ2) is 9.24. The van der Waals surface area contributed by atoms with Gasteiger partial charge in [-0.3, -0.25) is 9.69 Å². The molecule has 5 heteroatoms. The minimum Gasteiger partial charge on any atom is -0.396 e. The highest BCUT2D eigenvalue weighted by Crippen LogP contribution is 2.17. The summed E-state index contributed by atoms with van der Waals surface area (Å²) in [6.45, 7) is 2.59. The van der Waals surface area contributed by atoms with E-state index in [1.54, 1.807) is 11.8 Å². The van der Waals surface area contributed by atoms with Gasteiger partial charge in [-0.2, -0.15) is 11.8 Å². The molecule has 1 fully saturated rings. The van der Waals surface area contributed by atoms with Gasteiger partial charge in [-0.25, -0.2) is 0 Å². The summed E-state index contributed by atoms with van der Waals surface area (Å²) in [4.78, 5) is 14.4. The molecule has 1 aliphatic heterocycles. The molecule has 0 bridgehead atoms. The average Bonchev–Trinajstić information content (AvgIpc) is 2.40. The lowest BCUT2D eigenvalue weighted by Gasteiger charge is -2.30. The molecule has 1 unspecified atom stereocenters. The van der Waals surface area contributed by atoms with Crippen molar-refractivity contribution in [1.29, 1.82) is 0 Å². The lowest BCUT2D eigenvalue weighted by molar-refractivity contribution is -0.127. The number of hydrogen-bond donors (Lipinski definition) is 2. The van der Waals surface area contributed by atoms with Gasteiger partial charge in [0.05, 0.1) is 6.54 Å². The highest BCUT2D eigenvalue weighted by Gasteiger charge is 2.25. The first-order valence-corrected chi connectivity index (χ1v) is 8.16. The molecule has 0 spiro atoms. The predicted octanol–water partition coefficient (Wildman–Crippen LogP) is 0.562. The number of aliphatic hydroxyl groups excluding tert-OH is 1. The minimum absolute atomic E-state index is 0.0799. The van der Waals surface area contributed by atoms with Crippen LogP contribution in [0.4, 0.5) is 0 Å². The smallest absolute Gasteiger partial charge is 0.223 e. The van der Waals surface area contributed by atoms with E-state index in [1.807, 2.05) is 6.26 Å². The summed E-state index contributed by atoms with van der Waals surface area (Å²) in [6, 6.07) is 0.0799. The molecular weight excluding hydrogens is 260 g/mol. The first-order valence-electron chi connectivity index (χ1n) is 6.77. The summed E-state index contributed by atoms with van der Waals surface area (Å²) in [6.07, 6.45) is 9.67. The number of amides is 1. The van der Waals surface area contributed by atoms with Crippen LogP contribution in [0.25, 0.3) is 0 Å². The molecule has 4 nitrogen and oxygen atoms in total. The summed E-state index contributed by atoms with van der Waals surface area (Å²) in [5.74, 6) is 3.72. The number of terminal acetylenes is 1. The van der Waals surface area contributed by atoms with Crippen molar-refractivity contribution < 1.29 is 9.90 Å². The van der Waals surface area contributed by atoms with Gasteiger partial charge in [-0.15, -0.1) is 6.42 Å². The summed E-state index contributed by atoms with van der Waals surface area (Å²) in [7, 11) is 0. The highest BCUT2D eigenvalue weighted by atomic mass is 32.2. The van der Waals surface area contributed by atoms with Crippen LogP contribution in [-0.2, 0) is 4.79 Å². The Labute approximate surface area is 120 Å². The quantitative estimate of drug-likeness (QED) is 0.671. The number of likely N-dealkylation sites (tertiary alicyclic amines) is 1. The van der Waals surface area contributed by atoms with E-state index in [1.165, 1.54) is 0 Å². The van der Waals surface area contributed by atoms with E-state index in [2.05, 4.69) is 16.1 Å². The van der Waals surface area contributed by atoms with Crippen molar-refractivity contribution in [3.63, 3.8) is 0 Å². The van der Waals surface area contributed by atoms with Gasteiger partial charge in [-0.1, -0.05) is 5.92 Å². The number of piperidine rings is 1. The Hall–Kier alpha value is -0.700. The number of thioether (sulfide) groups is 1. The molecule has 0 aromatic rings. The van der Waals surface area contributed by atoms with Crippen molar-refractivity contribution in [1.82, 2.24) is 10.2 Å². The zero-order valence-corrected chi connectivity index (χ0v) is 12.4. The van der Waals surface area contributed by atoms with E-state index < -0.39 is 0 Å². The Kier molecular flexibility index (Phi) is 7.96. The molecule has 0 aromatic heterocycles. The monoisotopic (exact) mass is 284 g/mol. The van der Waals surface area contributed by atoms with Gasteiger partial charge in [0.15, 0.2) is 0 Å². The fourth-order valence-corrected chi connectivity index (χ4v) is 3.01. The molecule has 2 N–H and O–H groups in total. The molecular formula is C14H24N2O2S. The Morgan fingerprint density at radius 1 is 1.58 bits per heavy atom. The first-order chi connectivity index (χ1) is 9.21. The van der Waals surface area contributed by atoms with E-state index in [-0.39, 0.29) is 24.5 Å². The van der Waals surface area contributed by atoms with Crippen molar-refractivity contribution in [3.05, 3.63) is 0 Å². The number of nitrogens with one attached hydrogen (secondary N) is 1. The molecule has 0 radical (unpaired) electrons. The SMILES string of the molecule is C#CCN1CCC(C(=O)NC(CCO)CSC)CC1. The molecule has 1 atom stereocenters. The van der Waals surface area contributed by atoms with Crippen molar-refractivity contribution >= 4 is 17.7 Å². The number of hydrogen-bond acceptors (Lipinski definition) is 4. The second-order valence-corrected chi connectivity index (χ2v) is 5.84. The summed E-state index contributed by atoms with van der Waals surface area (Å²) < 4.78 is 0. The van der Waals surface area contributed by atoms with E-state index in [9.17, 15) is 4.79 Å². The lowest BCUT2D eigenvalue weighted by Crippen LogP contribution is -2.45. The molecule has 0 saturated carbocycles. The van der Waals surface area contributed by atoms with Crippen LogP contribution >= 0.6 is 11.8 Å². The third-order valence-electron chi connectivity index (χ3n) is 3.47. The van der Waals surface area contributed by atoms with E-state index in [0.717, 1.165) is 31.7 Å². The molecule has 0 aromatic carbocycles. The summed E-state index contributed by atoms with van der Waals surface area (Å²) in [5.41, 5.74) is 0. The molecule has 108 valence electrons. The fraction of sp³-hybridized carbons (Fsp3) is 0.786. The number of aliphatic hydroxyl groups is 1. The van der Waals surface area contributed by atoms with E-state index >= 15 is 0 Å². The van der Waals surface area contributed by atoms with Gasteiger partial charge >= 0.3 is 0 Å². The normalized spacial score (nSPS) is 18.8.